The maximum atomic E-state index is 13.9. The quantitative estimate of drug-likeness (QED) is 0.906. The molecule has 1 N–H and O–H groups in total. The predicted molar refractivity (Wildman–Crippen MR) is 87.9 cm³/mol. The number of rotatable bonds is 2. The van der Waals surface area contributed by atoms with Crippen molar-refractivity contribution in [2.75, 3.05) is 13.1 Å². The lowest BCUT2D eigenvalue weighted by Crippen LogP contribution is -2.42. The number of benzene rings is 1. The SMILES string of the molecule is O=C(c1csc(-c2c(F)cccc2F)n1)N1C2CCNCC1CC2. The van der Waals surface area contributed by atoms with E-state index in [0.717, 1.165) is 43.7 Å². The molecule has 3 heterocycles. The standard InChI is InChI=1S/C17H17F2N3OS/c18-12-2-1-3-13(19)15(12)16-21-14(9-24-16)17(23)22-10-4-5-11(22)8-20-7-6-10/h1-3,9-11,20H,4-8H2. The van der Waals surface area contributed by atoms with Gasteiger partial charge in [-0.15, -0.1) is 11.3 Å². The number of nitrogens with zero attached hydrogens (tertiary/aromatic N) is 2. The van der Waals surface area contributed by atoms with E-state index in [9.17, 15) is 13.6 Å². The van der Waals surface area contributed by atoms with Gasteiger partial charge in [0, 0.05) is 24.0 Å². The molecular weight excluding hydrogens is 332 g/mol. The van der Waals surface area contributed by atoms with Gasteiger partial charge in [0.1, 0.15) is 22.3 Å². The molecule has 7 heteroatoms. The van der Waals surface area contributed by atoms with E-state index in [4.69, 9.17) is 0 Å². The zero-order valence-electron chi connectivity index (χ0n) is 13.0. The third-order valence-electron chi connectivity index (χ3n) is 4.79. The second-order valence-corrected chi connectivity index (χ2v) is 7.08. The van der Waals surface area contributed by atoms with Crippen LogP contribution in [0.5, 0.6) is 0 Å². The van der Waals surface area contributed by atoms with Crippen molar-refractivity contribution in [1.29, 1.82) is 0 Å². The van der Waals surface area contributed by atoms with Crippen LogP contribution in [0.1, 0.15) is 29.8 Å². The number of nitrogens with one attached hydrogen (secondary N) is 1. The largest absolute Gasteiger partial charge is 0.330 e. The second-order valence-electron chi connectivity index (χ2n) is 6.22. The fourth-order valence-electron chi connectivity index (χ4n) is 3.64. The second kappa shape index (κ2) is 6.22. The molecule has 0 spiro atoms. The highest BCUT2D eigenvalue weighted by molar-refractivity contribution is 7.13. The number of fused-ring (bicyclic) bond motifs is 2. The monoisotopic (exact) mass is 349 g/mol. The average molecular weight is 349 g/mol. The van der Waals surface area contributed by atoms with Gasteiger partial charge in [0.15, 0.2) is 0 Å². The number of aromatic nitrogens is 1. The molecule has 126 valence electrons. The summed E-state index contributed by atoms with van der Waals surface area (Å²) in [6, 6.07) is 4.12. The maximum Gasteiger partial charge on any atom is 0.273 e. The van der Waals surface area contributed by atoms with Crippen molar-refractivity contribution in [3.8, 4) is 10.6 Å². The molecule has 2 bridgehead atoms. The molecule has 0 saturated carbocycles. The van der Waals surface area contributed by atoms with Crippen molar-refractivity contribution in [3.63, 3.8) is 0 Å². The van der Waals surface area contributed by atoms with Crippen molar-refractivity contribution in [3.05, 3.63) is 40.9 Å². The molecule has 2 unspecified atom stereocenters. The first kappa shape index (κ1) is 15.7. The number of amides is 1. The normalized spacial score (nSPS) is 23.3. The fourth-order valence-corrected chi connectivity index (χ4v) is 4.48. The van der Waals surface area contributed by atoms with Crippen LogP contribution in [-0.4, -0.2) is 41.0 Å². The Morgan fingerprint density at radius 2 is 1.96 bits per heavy atom. The van der Waals surface area contributed by atoms with Gasteiger partial charge in [-0.05, 0) is 37.9 Å². The van der Waals surface area contributed by atoms with Crippen LogP contribution in [-0.2, 0) is 0 Å². The predicted octanol–water partition coefficient (Wildman–Crippen LogP) is 3.05. The summed E-state index contributed by atoms with van der Waals surface area (Å²) in [5.41, 5.74) is 0.110. The van der Waals surface area contributed by atoms with Crippen LogP contribution < -0.4 is 5.32 Å². The van der Waals surface area contributed by atoms with Crippen molar-refractivity contribution < 1.29 is 13.6 Å². The Morgan fingerprint density at radius 1 is 1.21 bits per heavy atom. The van der Waals surface area contributed by atoms with Gasteiger partial charge in [0.05, 0.1) is 5.56 Å². The Bertz CT molecular complexity index is 745. The molecule has 0 aliphatic carbocycles. The molecule has 2 saturated heterocycles. The Kier molecular flexibility index (Phi) is 4.05. The topological polar surface area (TPSA) is 45.2 Å². The third-order valence-corrected chi connectivity index (χ3v) is 5.65. The van der Waals surface area contributed by atoms with Crippen LogP contribution in [0, 0.1) is 11.6 Å². The Labute approximate surface area is 142 Å². The van der Waals surface area contributed by atoms with Gasteiger partial charge in [0.25, 0.3) is 5.91 Å². The molecule has 2 aromatic rings. The minimum absolute atomic E-state index is 0.134. The Balaban J connectivity index is 1.64. The molecule has 2 aliphatic heterocycles. The van der Waals surface area contributed by atoms with Crippen LogP contribution in [0.3, 0.4) is 0 Å². The van der Waals surface area contributed by atoms with E-state index in [1.165, 1.54) is 18.2 Å². The van der Waals surface area contributed by atoms with E-state index in [1.54, 1.807) is 5.38 Å². The molecule has 2 aliphatic rings. The smallest absolute Gasteiger partial charge is 0.273 e. The summed E-state index contributed by atoms with van der Waals surface area (Å²) >= 11 is 1.10. The van der Waals surface area contributed by atoms with Gasteiger partial charge in [-0.2, -0.15) is 0 Å². The summed E-state index contributed by atoms with van der Waals surface area (Å²) in [6.45, 7) is 1.70. The summed E-state index contributed by atoms with van der Waals surface area (Å²) in [6.07, 6.45) is 2.93. The number of hydrogen-bond donors (Lipinski definition) is 1. The van der Waals surface area contributed by atoms with Crippen LogP contribution in [0.25, 0.3) is 10.6 Å². The number of thiazole rings is 1. The summed E-state index contributed by atoms with van der Waals surface area (Å²) < 4.78 is 27.8. The molecular formula is C17H17F2N3OS. The fraction of sp³-hybridized carbons (Fsp3) is 0.412. The first-order chi connectivity index (χ1) is 11.6. The van der Waals surface area contributed by atoms with Gasteiger partial charge >= 0.3 is 0 Å². The molecule has 1 aromatic heterocycles. The lowest BCUT2D eigenvalue weighted by molar-refractivity contribution is 0.0675. The zero-order valence-corrected chi connectivity index (χ0v) is 13.8. The van der Waals surface area contributed by atoms with Crippen molar-refractivity contribution in [1.82, 2.24) is 15.2 Å². The van der Waals surface area contributed by atoms with Crippen LogP contribution in [0.4, 0.5) is 8.78 Å². The van der Waals surface area contributed by atoms with Crippen molar-refractivity contribution in [2.45, 2.75) is 31.3 Å². The summed E-state index contributed by atoms with van der Waals surface area (Å²) in [5, 5.41) is 5.15. The summed E-state index contributed by atoms with van der Waals surface area (Å²) in [7, 11) is 0. The van der Waals surface area contributed by atoms with Gasteiger partial charge in [0.2, 0.25) is 0 Å². The van der Waals surface area contributed by atoms with Gasteiger partial charge in [-0.3, -0.25) is 4.79 Å². The molecule has 2 atom stereocenters. The van der Waals surface area contributed by atoms with Gasteiger partial charge in [-0.25, -0.2) is 13.8 Å². The highest BCUT2D eigenvalue weighted by Gasteiger charge is 2.39. The Hall–Kier alpha value is -1.86. The number of hydrogen-bond acceptors (Lipinski definition) is 4. The van der Waals surface area contributed by atoms with Crippen LogP contribution in [0.15, 0.2) is 23.6 Å². The number of carbonyl (C=O) groups is 1. The third kappa shape index (κ3) is 2.61. The highest BCUT2D eigenvalue weighted by atomic mass is 32.1. The maximum absolute atomic E-state index is 13.9. The van der Waals surface area contributed by atoms with E-state index in [0.29, 0.717) is 0 Å². The van der Waals surface area contributed by atoms with Crippen LogP contribution >= 0.6 is 11.3 Å². The van der Waals surface area contributed by atoms with E-state index >= 15 is 0 Å². The highest BCUT2D eigenvalue weighted by Crippen LogP contribution is 2.32. The minimum Gasteiger partial charge on any atom is -0.330 e. The molecule has 1 aromatic carbocycles. The van der Waals surface area contributed by atoms with E-state index in [1.807, 2.05) is 4.90 Å². The molecule has 4 rings (SSSR count). The lowest BCUT2D eigenvalue weighted by Gasteiger charge is -2.27. The lowest BCUT2D eigenvalue weighted by atomic mass is 10.1. The first-order valence-electron chi connectivity index (χ1n) is 8.08. The number of carbonyl (C=O) groups excluding carboxylic acids is 1. The zero-order chi connectivity index (χ0) is 16.7. The first-order valence-corrected chi connectivity index (χ1v) is 8.96. The van der Waals surface area contributed by atoms with E-state index in [-0.39, 0.29) is 34.3 Å². The Morgan fingerprint density at radius 3 is 2.75 bits per heavy atom. The van der Waals surface area contributed by atoms with E-state index < -0.39 is 11.6 Å². The number of halogens is 2. The van der Waals surface area contributed by atoms with E-state index in [2.05, 4.69) is 10.3 Å². The molecule has 4 nitrogen and oxygen atoms in total. The van der Waals surface area contributed by atoms with Gasteiger partial charge in [-0.1, -0.05) is 6.07 Å². The minimum atomic E-state index is -0.664. The summed E-state index contributed by atoms with van der Waals surface area (Å²) in [5.74, 6) is -1.46. The average Bonchev–Trinajstić information content (AvgIpc) is 3.10. The molecule has 24 heavy (non-hydrogen) atoms. The van der Waals surface area contributed by atoms with Gasteiger partial charge < -0.3 is 10.2 Å². The van der Waals surface area contributed by atoms with Crippen molar-refractivity contribution in [2.24, 2.45) is 0 Å². The molecule has 2 fully saturated rings. The molecule has 0 radical (unpaired) electrons. The van der Waals surface area contributed by atoms with Crippen molar-refractivity contribution >= 4 is 17.2 Å². The van der Waals surface area contributed by atoms with Crippen LogP contribution in [0.2, 0.25) is 0 Å². The summed E-state index contributed by atoms with van der Waals surface area (Å²) in [4.78, 5) is 19.0. The molecule has 1 amide bonds.